The molecule has 1 fully saturated rings. The van der Waals surface area contributed by atoms with Gasteiger partial charge in [-0.2, -0.15) is 5.10 Å². The molecule has 8 nitrogen and oxygen atoms in total. The molecular formula is C18H22ClF2N4O4S+. The fourth-order valence-electron chi connectivity index (χ4n) is 3.23. The van der Waals surface area contributed by atoms with Crippen LogP contribution < -0.4 is 9.63 Å². The molecule has 1 saturated carbocycles. The maximum absolute atomic E-state index is 13.1. The average Bonchev–Trinajstić information content (AvgIpc) is 3.05. The molecule has 2 aromatic rings. The zero-order chi connectivity index (χ0) is 22.3. The van der Waals surface area contributed by atoms with E-state index in [0.29, 0.717) is 5.69 Å². The number of halogens is 3. The van der Waals surface area contributed by atoms with Gasteiger partial charge in [-0.25, -0.2) is 21.9 Å². The van der Waals surface area contributed by atoms with Crippen LogP contribution in [-0.4, -0.2) is 53.3 Å². The van der Waals surface area contributed by atoms with E-state index in [1.54, 1.807) is 19.1 Å². The van der Waals surface area contributed by atoms with E-state index in [1.165, 1.54) is 35.1 Å². The first-order chi connectivity index (χ1) is 13.9. The monoisotopic (exact) mass is 463 g/mol. The quantitative estimate of drug-likeness (QED) is 0.478. The molecule has 30 heavy (non-hydrogen) atoms. The number of rotatable bonds is 8. The number of pyridine rings is 1. The Morgan fingerprint density at radius 2 is 2.20 bits per heavy atom. The van der Waals surface area contributed by atoms with Crippen LogP contribution in [0.1, 0.15) is 20.3 Å². The summed E-state index contributed by atoms with van der Waals surface area (Å²) in [4.78, 5) is 14.2. The molecule has 2 atom stereocenters. The van der Waals surface area contributed by atoms with Crippen LogP contribution in [0.2, 0.25) is 5.15 Å². The second kappa shape index (κ2) is 8.10. The first-order valence-corrected chi connectivity index (χ1v) is 11.5. The molecule has 3 rings (SSSR count). The van der Waals surface area contributed by atoms with Crippen molar-refractivity contribution in [3.8, 4) is 5.69 Å². The van der Waals surface area contributed by atoms with Gasteiger partial charge in [-0.15, -0.1) is 0 Å². The van der Waals surface area contributed by atoms with Gasteiger partial charge in [0.05, 0.1) is 17.7 Å². The Hall–Kier alpha value is -2.27. The number of carbonyl (C=O) groups excluding carboxylic acids is 1. The summed E-state index contributed by atoms with van der Waals surface area (Å²) in [6, 6.07) is 3.25. The normalized spacial score (nSPS) is 18.8. The van der Waals surface area contributed by atoms with E-state index in [4.69, 9.17) is 11.6 Å². The molecule has 1 amide bonds. The Bertz CT molecular complexity index is 1060. The van der Waals surface area contributed by atoms with Gasteiger partial charge in [0.15, 0.2) is 15.0 Å². The molecule has 1 aliphatic carbocycles. The molecule has 0 aliphatic heterocycles. The minimum atomic E-state index is -3.82. The topological polar surface area (TPSA) is 96.4 Å². The van der Waals surface area contributed by atoms with Crippen molar-refractivity contribution in [1.29, 1.82) is 0 Å². The number of carbonyl (C=O) groups is 1. The fraction of sp³-hybridized carbons (Fsp3) is 0.500. The molecule has 0 aromatic carbocycles. The highest BCUT2D eigenvalue weighted by molar-refractivity contribution is 7.91. The zero-order valence-electron chi connectivity index (χ0n) is 16.4. The van der Waals surface area contributed by atoms with Crippen LogP contribution >= 0.6 is 11.6 Å². The van der Waals surface area contributed by atoms with Gasteiger partial charge in [-0.1, -0.05) is 18.5 Å². The van der Waals surface area contributed by atoms with E-state index < -0.39 is 51.4 Å². The van der Waals surface area contributed by atoms with E-state index >= 15 is 0 Å². The second-order valence-corrected chi connectivity index (χ2v) is 9.93. The number of hydrogen-bond donors (Lipinski definition) is 1. The van der Waals surface area contributed by atoms with Gasteiger partial charge >= 0.3 is 0 Å². The second-order valence-electron chi connectivity index (χ2n) is 7.41. The Balaban J connectivity index is 1.76. The Kier molecular flexibility index (Phi) is 6.06. The highest BCUT2D eigenvalue weighted by Crippen LogP contribution is 2.49. The van der Waals surface area contributed by atoms with Crippen LogP contribution in [0.4, 0.5) is 14.5 Å². The lowest BCUT2D eigenvalue weighted by Crippen LogP contribution is -2.38. The standard InChI is InChI=1S/C18H22ClF2N4O4S/c1-3-24(15-9-25(22-16(15)19)14-5-4-6-23(27)8-14)17(26)12(2)10-30(28,29)11-13-7-18(13,20)21/h4-6,8-9,12-13,27H,3,7,10-11H2,1-2H3/q+1. The minimum absolute atomic E-state index is 0.0197. The van der Waals surface area contributed by atoms with Crippen LogP contribution in [0.5, 0.6) is 0 Å². The van der Waals surface area contributed by atoms with E-state index in [-0.39, 0.29) is 17.4 Å². The molecule has 1 N–H and O–H groups in total. The van der Waals surface area contributed by atoms with Crippen molar-refractivity contribution in [2.24, 2.45) is 11.8 Å². The van der Waals surface area contributed by atoms with Crippen molar-refractivity contribution in [2.75, 3.05) is 23.0 Å². The van der Waals surface area contributed by atoms with Gasteiger partial charge < -0.3 is 4.90 Å². The third-order valence-corrected chi connectivity index (χ3v) is 7.08. The molecule has 2 unspecified atom stereocenters. The first-order valence-electron chi connectivity index (χ1n) is 9.29. The number of amides is 1. The molecule has 1 aliphatic rings. The maximum atomic E-state index is 13.1. The summed E-state index contributed by atoms with van der Waals surface area (Å²) >= 11 is 6.20. The lowest BCUT2D eigenvalue weighted by atomic mass is 10.2. The van der Waals surface area contributed by atoms with Crippen LogP contribution in [0.15, 0.2) is 30.7 Å². The van der Waals surface area contributed by atoms with Gasteiger partial charge in [0, 0.05) is 35.6 Å². The molecule has 0 spiro atoms. The van der Waals surface area contributed by atoms with Gasteiger partial charge in [0.1, 0.15) is 11.4 Å². The summed E-state index contributed by atoms with van der Waals surface area (Å²) in [5.74, 6) is -6.70. The van der Waals surface area contributed by atoms with E-state index in [1.807, 2.05) is 0 Å². The number of sulfone groups is 1. The van der Waals surface area contributed by atoms with Crippen LogP contribution in [0.25, 0.3) is 5.69 Å². The number of nitrogens with zero attached hydrogens (tertiary/aromatic N) is 4. The van der Waals surface area contributed by atoms with Gasteiger partial charge in [-0.05, 0) is 13.0 Å². The van der Waals surface area contributed by atoms with Crippen LogP contribution in [0.3, 0.4) is 0 Å². The molecule has 0 bridgehead atoms. The van der Waals surface area contributed by atoms with Gasteiger partial charge in [0.25, 0.3) is 5.92 Å². The van der Waals surface area contributed by atoms with Crippen molar-refractivity contribution in [2.45, 2.75) is 26.2 Å². The van der Waals surface area contributed by atoms with Crippen molar-refractivity contribution >= 4 is 33.0 Å². The highest BCUT2D eigenvalue weighted by atomic mass is 35.5. The zero-order valence-corrected chi connectivity index (χ0v) is 17.9. The third kappa shape index (κ3) is 4.89. The Morgan fingerprint density at radius 1 is 1.53 bits per heavy atom. The first kappa shape index (κ1) is 22.4. The summed E-state index contributed by atoms with van der Waals surface area (Å²) < 4.78 is 52.8. The summed E-state index contributed by atoms with van der Waals surface area (Å²) in [5.41, 5.74) is 0.758. The molecule has 164 valence electrons. The Labute approximate surface area is 177 Å². The highest BCUT2D eigenvalue weighted by Gasteiger charge is 2.58. The number of hydrogen-bond acceptors (Lipinski definition) is 5. The van der Waals surface area contributed by atoms with Crippen molar-refractivity contribution in [3.05, 3.63) is 35.9 Å². The molecule has 0 saturated heterocycles. The molecular weight excluding hydrogens is 442 g/mol. The third-order valence-electron chi connectivity index (χ3n) is 4.90. The minimum Gasteiger partial charge on any atom is -0.308 e. The number of aromatic nitrogens is 3. The average molecular weight is 464 g/mol. The molecule has 2 heterocycles. The van der Waals surface area contributed by atoms with Gasteiger partial charge in [0.2, 0.25) is 18.3 Å². The van der Waals surface area contributed by atoms with Crippen molar-refractivity contribution in [3.63, 3.8) is 0 Å². The maximum Gasteiger partial charge on any atom is 0.252 e. The summed E-state index contributed by atoms with van der Waals surface area (Å²) in [6.45, 7) is 3.34. The molecule has 0 radical (unpaired) electrons. The van der Waals surface area contributed by atoms with E-state index in [0.717, 1.165) is 4.73 Å². The van der Waals surface area contributed by atoms with Crippen LogP contribution in [0, 0.1) is 11.8 Å². The summed E-state index contributed by atoms with van der Waals surface area (Å²) in [6.07, 6.45) is 3.86. The lowest BCUT2D eigenvalue weighted by Gasteiger charge is -2.23. The molecule has 12 heteroatoms. The lowest BCUT2D eigenvalue weighted by molar-refractivity contribution is -0.904. The Morgan fingerprint density at radius 3 is 2.77 bits per heavy atom. The fourth-order valence-corrected chi connectivity index (χ4v) is 5.48. The largest absolute Gasteiger partial charge is 0.308 e. The van der Waals surface area contributed by atoms with Gasteiger partial charge in [-0.3, -0.25) is 10.0 Å². The summed E-state index contributed by atoms with van der Waals surface area (Å²) in [7, 11) is -3.82. The summed E-state index contributed by atoms with van der Waals surface area (Å²) in [5, 5.41) is 13.7. The van der Waals surface area contributed by atoms with E-state index in [2.05, 4.69) is 5.10 Å². The smallest absolute Gasteiger partial charge is 0.252 e. The number of alkyl halides is 2. The predicted molar refractivity (Wildman–Crippen MR) is 105 cm³/mol. The molecule has 2 aromatic heterocycles. The van der Waals surface area contributed by atoms with Crippen molar-refractivity contribution in [1.82, 2.24) is 9.78 Å². The predicted octanol–water partition coefficient (Wildman–Crippen LogP) is 2.11. The number of anilines is 1. The van der Waals surface area contributed by atoms with Crippen LogP contribution in [-0.2, 0) is 14.6 Å². The van der Waals surface area contributed by atoms with E-state index in [9.17, 15) is 27.2 Å². The van der Waals surface area contributed by atoms with Crippen molar-refractivity contribution < 1.29 is 31.9 Å². The SMILES string of the molecule is CCN(C(=O)C(C)CS(=O)(=O)CC1CC1(F)F)c1cn(-c2ccc[n+](O)c2)nc1Cl.